The number of carbonyl (C=O) groups is 1. The summed E-state index contributed by atoms with van der Waals surface area (Å²) in [6.45, 7) is 2.40. The molecule has 0 atom stereocenters. The van der Waals surface area contributed by atoms with Gasteiger partial charge >= 0.3 is 0 Å². The Kier molecular flexibility index (Phi) is 7.94. The molecule has 0 N–H and O–H groups in total. The molecule has 0 heterocycles. The second-order valence-electron chi connectivity index (χ2n) is 8.20. The van der Waals surface area contributed by atoms with Crippen molar-refractivity contribution in [2.75, 3.05) is 11.4 Å². The van der Waals surface area contributed by atoms with Crippen LogP contribution in [0.3, 0.4) is 0 Å². The van der Waals surface area contributed by atoms with E-state index in [2.05, 4.69) is 6.92 Å². The number of hydrogen-bond donors (Lipinski definition) is 0. The van der Waals surface area contributed by atoms with Crippen LogP contribution in [0, 0.1) is 23.4 Å². The van der Waals surface area contributed by atoms with Crippen molar-refractivity contribution in [1.29, 1.82) is 0 Å². The van der Waals surface area contributed by atoms with Gasteiger partial charge in [0.2, 0.25) is 5.91 Å². The van der Waals surface area contributed by atoms with E-state index in [1.54, 1.807) is 0 Å². The normalized spacial score (nSPS) is 13.5. The minimum absolute atomic E-state index is 0.235. The first kappa shape index (κ1) is 22.4. The Morgan fingerprint density at radius 3 is 2.00 bits per heavy atom. The summed E-state index contributed by atoms with van der Waals surface area (Å²) in [5.41, 5.74) is 1.78. The van der Waals surface area contributed by atoms with Gasteiger partial charge in [0.1, 0.15) is 11.5 Å². The zero-order valence-corrected chi connectivity index (χ0v) is 17.6. The van der Waals surface area contributed by atoms with Gasteiger partial charge in [0.25, 0.3) is 0 Å². The molecule has 0 unspecified atom stereocenters. The molecule has 2 nitrogen and oxygen atoms in total. The van der Waals surface area contributed by atoms with Crippen molar-refractivity contribution in [1.82, 2.24) is 0 Å². The number of hydrogen-bond acceptors (Lipinski definition) is 1. The molecule has 1 amide bonds. The molecule has 0 bridgehead atoms. The number of anilines is 1. The fourth-order valence-corrected chi connectivity index (χ4v) is 4.31. The van der Waals surface area contributed by atoms with Crippen LogP contribution in [0.15, 0.2) is 36.4 Å². The highest BCUT2D eigenvalue weighted by Gasteiger charge is 2.33. The maximum absolute atomic E-state index is 14.5. The van der Waals surface area contributed by atoms with Crippen LogP contribution in [-0.2, 0) is 17.6 Å². The van der Waals surface area contributed by atoms with Crippen LogP contribution in [0.2, 0.25) is 0 Å². The third-order valence-electron chi connectivity index (χ3n) is 5.90. The van der Waals surface area contributed by atoms with E-state index < -0.39 is 23.1 Å². The summed E-state index contributed by atoms with van der Waals surface area (Å²) >= 11 is 0. The molecule has 0 saturated carbocycles. The van der Waals surface area contributed by atoms with Gasteiger partial charge in [0.15, 0.2) is 11.6 Å². The summed E-state index contributed by atoms with van der Waals surface area (Å²) < 4.78 is 42.4. The van der Waals surface area contributed by atoms with Crippen molar-refractivity contribution in [2.24, 2.45) is 5.92 Å². The number of unbranched alkanes of at least 4 members (excludes halogenated alkanes) is 6. The summed E-state index contributed by atoms with van der Waals surface area (Å²) in [7, 11) is 0. The quantitative estimate of drug-likeness (QED) is 0.399. The topological polar surface area (TPSA) is 20.3 Å². The van der Waals surface area contributed by atoms with Gasteiger partial charge in [-0.15, -0.1) is 0 Å². The van der Waals surface area contributed by atoms with Crippen molar-refractivity contribution in [2.45, 2.75) is 64.7 Å². The first-order valence-corrected chi connectivity index (χ1v) is 11.0. The number of halogens is 3. The molecule has 5 heteroatoms. The zero-order valence-electron chi connectivity index (χ0n) is 17.6. The molecule has 0 aliphatic heterocycles. The average molecular weight is 418 g/mol. The molecule has 3 rings (SSSR count). The lowest BCUT2D eigenvalue weighted by atomic mass is 10.0. The number of nitrogens with zero attached hydrogens (tertiary/aromatic N) is 1. The minimum atomic E-state index is -1.03. The Bertz CT molecular complexity index is 819. The molecule has 0 saturated heterocycles. The minimum Gasteiger partial charge on any atom is -0.307 e. The number of amides is 1. The number of carbonyl (C=O) groups excluding carboxylic acids is 1. The second kappa shape index (κ2) is 10.6. The van der Waals surface area contributed by atoms with Gasteiger partial charge in [-0.05, 0) is 30.4 Å². The van der Waals surface area contributed by atoms with E-state index in [4.69, 9.17) is 0 Å². The third kappa shape index (κ3) is 5.44. The molecule has 162 valence electrons. The molecule has 2 aromatic carbocycles. The fraction of sp³-hybridized carbons (Fsp3) is 0.480. The summed E-state index contributed by atoms with van der Waals surface area (Å²) in [5, 5.41) is 0. The lowest BCUT2D eigenvalue weighted by Gasteiger charge is -2.26. The van der Waals surface area contributed by atoms with Gasteiger partial charge in [0, 0.05) is 24.6 Å². The largest absolute Gasteiger partial charge is 0.307 e. The van der Waals surface area contributed by atoms with E-state index in [0.717, 1.165) is 30.4 Å². The Hall–Kier alpha value is -2.30. The van der Waals surface area contributed by atoms with Crippen molar-refractivity contribution >= 4 is 11.6 Å². The average Bonchev–Trinajstić information content (AvgIpc) is 3.15. The van der Waals surface area contributed by atoms with Crippen molar-refractivity contribution < 1.29 is 18.0 Å². The van der Waals surface area contributed by atoms with E-state index >= 15 is 0 Å². The molecule has 30 heavy (non-hydrogen) atoms. The molecule has 2 aromatic rings. The van der Waals surface area contributed by atoms with Crippen LogP contribution in [0.4, 0.5) is 18.9 Å². The molecule has 0 spiro atoms. The Balaban J connectivity index is 1.72. The molecular weight excluding hydrogens is 387 g/mol. The standard InChI is InChI=1S/C25H30F3NO/c1-2-3-4-5-6-7-10-13-29(24-22(27)16-21(26)17-23(24)28)25(30)20-14-18-11-8-9-12-19(18)15-20/h8-9,11-12,16-17,20H,2-7,10,13-15H2,1H3. The first-order valence-electron chi connectivity index (χ1n) is 11.0. The van der Waals surface area contributed by atoms with Crippen LogP contribution < -0.4 is 4.90 Å². The summed E-state index contributed by atoms with van der Waals surface area (Å²) in [5.74, 6) is -3.68. The van der Waals surface area contributed by atoms with E-state index in [0.29, 0.717) is 31.4 Å². The highest BCUT2D eigenvalue weighted by Crippen LogP contribution is 2.32. The van der Waals surface area contributed by atoms with Gasteiger partial charge in [-0.3, -0.25) is 4.79 Å². The SMILES string of the molecule is CCCCCCCCCN(C(=O)C1Cc2ccccc2C1)c1c(F)cc(F)cc1F. The smallest absolute Gasteiger partial charge is 0.230 e. The van der Waals surface area contributed by atoms with Crippen molar-refractivity contribution in [3.8, 4) is 0 Å². The maximum Gasteiger partial charge on any atom is 0.230 e. The predicted molar refractivity (Wildman–Crippen MR) is 114 cm³/mol. The van der Waals surface area contributed by atoms with E-state index in [1.807, 2.05) is 24.3 Å². The van der Waals surface area contributed by atoms with Crippen LogP contribution in [0.5, 0.6) is 0 Å². The number of fused-ring (bicyclic) bond motifs is 1. The predicted octanol–water partition coefficient (Wildman–Crippen LogP) is 6.60. The highest BCUT2D eigenvalue weighted by atomic mass is 19.1. The molecule has 0 radical (unpaired) electrons. The Morgan fingerprint density at radius 1 is 0.900 bits per heavy atom. The highest BCUT2D eigenvalue weighted by molar-refractivity contribution is 5.96. The summed E-state index contributed by atoms with van der Waals surface area (Å²) in [6, 6.07) is 9.13. The fourth-order valence-electron chi connectivity index (χ4n) is 4.31. The molecular formula is C25H30F3NO. The van der Waals surface area contributed by atoms with E-state index in [-0.39, 0.29) is 18.4 Å². The maximum atomic E-state index is 14.5. The van der Waals surface area contributed by atoms with Gasteiger partial charge in [-0.2, -0.15) is 0 Å². The van der Waals surface area contributed by atoms with Crippen LogP contribution in [-0.4, -0.2) is 12.5 Å². The van der Waals surface area contributed by atoms with E-state index in [1.165, 1.54) is 24.2 Å². The zero-order chi connectivity index (χ0) is 21.5. The van der Waals surface area contributed by atoms with Gasteiger partial charge in [-0.25, -0.2) is 13.2 Å². The Morgan fingerprint density at radius 2 is 1.43 bits per heavy atom. The van der Waals surface area contributed by atoms with Crippen LogP contribution >= 0.6 is 0 Å². The number of rotatable bonds is 10. The lowest BCUT2D eigenvalue weighted by Crippen LogP contribution is -2.38. The van der Waals surface area contributed by atoms with Crippen LogP contribution in [0.25, 0.3) is 0 Å². The molecule has 0 fully saturated rings. The third-order valence-corrected chi connectivity index (χ3v) is 5.90. The van der Waals surface area contributed by atoms with Crippen molar-refractivity contribution in [3.05, 3.63) is 65.0 Å². The Labute approximate surface area is 177 Å². The molecule has 1 aliphatic rings. The molecule has 0 aromatic heterocycles. The summed E-state index contributed by atoms with van der Waals surface area (Å²) in [4.78, 5) is 14.5. The first-order chi connectivity index (χ1) is 14.5. The lowest BCUT2D eigenvalue weighted by molar-refractivity contribution is -0.122. The number of benzene rings is 2. The van der Waals surface area contributed by atoms with Crippen LogP contribution in [0.1, 0.15) is 63.0 Å². The van der Waals surface area contributed by atoms with Gasteiger partial charge < -0.3 is 4.90 Å². The van der Waals surface area contributed by atoms with E-state index in [9.17, 15) is 18.0 Å². The monoisotopic (exact) mass is 417 g/mol. The van der Waals surface area contributed by atoms with Gasteiger partial charge in [-0.1, -0.05) is 69.7 Å². The molecule has 1 aliphatic carbocycles. The van der Waals surface area contributed by atoms with Gasteiger partial charge in [0.05, 0.1) is 0 Å². The summed E-state index contributed by atoms with van der Waals surface area (Å²) in [6.07, 6.45) is 8.40. The second-order valence-corrected chi connectivity index (χ2v) is 8.20. The van der Waals surface area contributed by atoms with Crippen molar-refractivity contribution in [3.63, 3.8) is 0 Å².